The van der Waals surface area contributed by atoms with Gasteiger partial charge in [-0.05, 0) is 11.1 Å². The average molecular weight is 174 g/mol. The van der Waals surface area contributed by atoms with Crippen LogP contribution in [-0.2, 0) is 11.3 Å². The Balaban J connectivity index is 2.80. The van der Waals surface area contributed by atoms with Crippen molar-refractivity contribution in [1.29, 1.82) is 0 Å². The van der Waals surface area contributed by atoms with Crippen molar-refractivity contribution >= 4 is 12.4 Å². The van der Waals surface area contributed by atoms with Crippen molar-refractivity contribution in [3.8, 4) is 0 Å². The molecule has 0 aromatic heterocycles. The van der Waals surface area contributed by atoms with Crippen LogP contribution in [-0.4, -0.2) is 6.29 Å². The molecule has 0 aliphatic rings. The van der Waals surface area contributed by atoms with E-state index in [1.807, 2.05) is 36.6 Å². The zero-order valence-corrected chi connectivity index (χ0v) is 7.36. The monoisotopic (exact) mass is 174 g/mol. The Kier molecular flexibility index (Phi) is 3.93. The van der Waals surface area contributed by atoms with Crippen molar-refractivity contribution in [1.82, 2.24) is 0 Å². The molecule has 13 heavy (non-hydrogen) atoms. The summed E-state index contributed by atoms with van der Waals surface area (Å²) in [6, 6.07) is 7.85. The highest BCUT2D eigenvalue weighted by Gasteiger charge is 1.93. The largest absolute Gasteiger partial charge is 0.326 e. The molecule has 0 atom stereocenters. The van der Waals surface area contributed by atoms with Gasteiger partial charge in [-0.15, -0.1) is 0 Å². The van der Waals surface area contributed by atoms with E-state index in [1.54, 1.807) is 6.08 Å². The minimum Gasteiger partial charge on any atom is -0.326 e. The van der Waals surface area contributed by atoms with Crippen molar-refractivity contribution in [2.45, 2.75) is 13.0 Å². The normalized spacial score (nSPS) is 10.5. The third kappa shape index (κ3) is 2.84. The van der Waals surface area contributed by atoms with Gasteiger partial charge in [0, 0.05) is 13.0 Å². The molecule has 1 rings (SSSR count). The second-order valence-corrected chi connectivity index (χ2v) is 2.65. The molecular weight excluding hydrogens is 162 g/mol. The molecule has 0 saturated carbocycles. The summed E-state index contributed by atoms with van der Waals surface area (Å²) in [6.07, 6.45) is 5.81. The standard InChI is InChI=1S/C11H12NO/c12-9-11-7-2-1-5-10(11)6-3-4-8-13/h1-3,5-7H,4,9,12H2. The van der Waals surface area contributed by atoms with E-state index in [0.717, 1.165) is 11.1 Å². The van der Waals surface area contributed by atoms with E-state index in [-0.39, 0.29) is 0 Å². The molecule has 1 aromatic rings. The minimum absolute atomic E-state index is 0.332. The lowest BCUT2D eigenvalue weighted by atomic mass is 10.1. The molecule has 67 valence electrons. The molecule has 0 heterocycles. The van der Waals surface area contributed by atoms with Crippen LogP contribution in [0.3, 0.4) is 0 Å². The van der Waals surface area contributed by atoms with Crippen LogP contribution < -0.4 is 5.73 Å². The van der Waals surface area contributed by atoms with Crippen LogP contribution in [0.4, 0.5) is 0 Å². The fourth-order valence-corrected chi connectivity index (χ4v) is 1.12. The summed E-state index contributed by atoms with van der Waals surface area (Å²) >= 11 is 0. The van der Waals surface area contributed by atoms with E-state index in [4.69, 9.17) is 5.73 Å². The van der Waals surface area contributed by atoms with Gasteiger partial charge in [-0.3, -0.25) is 4.79 Å². The first-order valence-corrected chi connectivity index (χ1v) is 4.18. The highest BCUT2D eigenvalue weighted by molar-refractivity contribution is 5.60. The molecule has 0 unspecified atom stereocenters. The van der Waals surface area contributed by atoms with Gasteiger partial charge in [0.05, 0.1) is 0 Å². The first-order chi connectivity index (χ1) is 6.38. The molecule has 0 spiro atoms. The summed E-state index contributed by atoms with van der Waals surface area (Å²) in [5, 5.41) is 0. The summed E-state index contributed by atoms with van der Waals surface area (Å²) in [6.45, 7) is 0.519. The molecule has 0 saturated heterocycles. The van der Waals surface area contributed by atoms with Gasteiger partial charge in [0.1, 0.15) is 0 Å². The summed E-state index contributed by atoms with van der Waals surface area (Å²) in [5.74, 6) is 0. The Morgan fingerprint density at radius 1 is 1.38 bits per heavy atom. The number of nitrogens with two attached hydrogens (primary N) is 1. The summed E-state index contributed by atoms with van der Waals surface area (Å²) in [5.41, 5.74) is 7.70. The van der Waals surface area contributed by atoms with Crippen LogP contribution in [0.15, 0.2) is 30.3 Å². The van der Waals surface area contributed by atoms with Crippen molar-refractivity contribution in [2.75, 3.05) is 0 Å². The Hall–Kier alpha value is -1.41. The number of hydrogen-bond donors (Lipinski definition) is 1. The summed E-state index contributed by atoms with van der Waals surface area (Å²) in [4.78, 5) is 9.95. The fourth-order valence-electron chi connectivity index (χ4n) is 1.12. The van der Waals surface area contributed by atoms with Gasteiger partial charge in [-0.1, -0.05) is 36.4 Å². The molecule has 0 bridgehead atoms. The lowest BCUT2D eigenvalue weighted by Crippen LogP contribution is -1.98. The van der Waals surface area contributed by atoms with Crippen LogP contribution in [0, 0.1) is 0 Å². The first kappa shape index (κ1) is 9.68. The molecule has 2 N–H and O–H groups in total. The van der Waals surface area contributed by atoms with Crippen LogP contribution in [0.5, 0.6) is 0 Å². The van der Waals surface area contributed by atoms with E-state index < -0.39 is 0 Å². The predicted molar refractivity (Wildman–Crippen MR) is 53.7 cm³/mol. The lowest BCUT2D eigenvalue weighted by molar-refractivity contribution is 0.556. The number of hydrogen-bond acceptors (Lipinski definition) is 2. The van der Waals surface area contributed by atoms with E-state index in [2.05, 4.69) is 0 Å². The predicted octanol–water partition coefficient (Wildman–Crippen LogP) is 1.66. The van der Waals surface area contributed by atoms with Crippen LogP contribution >= 0.6 is 0 Å². The Bertz CT molecular complexity index is 305. The molecule has 1 aromatic carbocycles. The SMILES string of the molecule is NCc1ccccc1C=CC[C]=O. The minimum atomic E-state index is 0.332. The maximum absolute atomic E-state index is 9.95. The van der Waals surface area contributed by atoms with Gasteiger partial charge in [0.15, 0.2) is 0 Å². The van der Waals surface area contributed by atoms with Gasteiger partial charge < -0.3 is 5.73 Å². The van der Waals surface area contributed by atoms with E-state index in [0.29, 0.717) is 13.0 Å². The zero-order chi connectivity index (χ0) is 9.52. The third-order valence-corrected chi connectivity index (χ3v) is 1.77. The van der Waals surface area contributed by atoms with E-state index in [9.17, 15) is 4.79 Å². The van der Waals surface area contributed by atoms with Crippen molar-refractivity contribution in [3.05, 3.63) is 41.5 Å². The molecule has 2 nitrogen and oxygen atoms in total. The molecular formula is C11H12NO. The number of carbonyl (C=O) groups excluding carboxylic acids is 1. The molecule has 0 aliphatic carbocycles. The average Bonchev–Trinajstić information content (AvgIpc) is 2.19. The maximum Gasteiger partial charge on any atom is 0.202 e. The van der Waals surface area contributed by atoms with Crippen LogP contribution in [0.1, 0.15) is 17.5 Å². The molecule has 0 amide bonds. The second kappa shape index (κ2) is 5.27. The van der Waals surface area contributed by atoms with Gasteiger partial charge in [0.25, 0.3) is 0 Å². The van der Waals surface area contributed by atoms with Crippen LogP contribution in [0.2, 0.25) is 0 Å². The topological polar surface area (TPSA) is 43.1 Å². The van der Waals surface area contributed by atoms with Crippen molar-refractivity contribution in [3.63, 3.8) is 0 Å². The Morgan fingerprint density at radius 3 is 2.85 bits per heavy atom. The highest BCUT2D eigenvalue weighted by Crippen LogP contribution is 2.09. The van der Waals surface area contributed by atoms with Gasteiger partial charge >= 0.3 is 0 Å². The summed E-state index contributed by atoms with van der Waals surface area (Å²) in [7, 11) is 0. The molecule has 0 fully saturated rings. The first-order valence-electron chi connectivity index (χ1n) is 4.18. The number of benzene rings is 1. The third-order valence-electron chi connectivity index (χ3n) is 1.77. The highest BCUT2D eigenvalue weighted by atomic mass is 16.1. The van der Waals surface area contributed by atoms with Gasteiger partial charge in [0.2, 0.25) is 6.29 Å². The van der Waals surface area contributed by atoms with Gasteiger partial charge in [-0.25, -0.2) is 0 Å². The lowest BCUT2D eigenvalue weighted by Gasteiger charge is -2.00. The van der Waals surface area contributed by atoms with Gasteiger partial charge in [-0.2, -0.15) is 0 Å². The zero-order valence-electron chi connectivity index (χ0n) is 7.36. The Labute approximate surface area is 78.1 Å². The van der Waals surface area contributed by atoms with Crippen molar-refractivity contribution < 1.29 is 4.79 Å². The quantitative estimate of drug-likeness (QED) is 0.754. The smallest absolute Gasteiger partial charge is 0.202 e. The van der Waals surface area contributed by atoms with Crippen molar-refractivity contribution in [2.24, 2.45) is 5.73 Å². The second-order valence-electron chi connectivity index (χ2n) is 2.65. The number of allylic oxidation sites excluding steroid dienone is 1. The maximum atomic E-state index is 9.95. The summed E-state index contributed by atoms with van der Waals surface area (Å²) < 4.78 is 0. The number of rotatable bonds is 4. The van der Waals surface area contributed by atoms with Crippen LogP contribution in [0.25, 0.3) is 6.08 Å². The Morgan fingerprint density at radius 2 is 2.15 bits per heavy atom. The fraction of sp³-hybridized carbons (Fsp3) is 0.182. The molecule has 1 radical (unpaired) electrons. The van der Waals surface area contributed by atoms with E-state index in [1.165, 1.54) is 0 Å². The van der Waals surface area contributed by atoms with E-state index >= 15 is 0 Å². The molecule has 2 heteroatoms. The molecule has 0 aliphatic heterocycles.